The Balaban J connectivity index is 1.51. The second-order valence-corrected chi connectivity index (χ2v) is 5.53. The fourth-order valence-electron chi connectivity index (χ4n) is 2.58. The molecule has 1 aromatic rings. The molecule has 0 amide bonds. The van der Waals surface area contributed by atoms with Gasteiger partial charge in [-0.1, -0.05) is 0 Å². The van der Waals surface area contributed by atoms with Crippen molar-refractivity contribution in [3.05, 3.63) is 18.2 Å². The molecule has 94 valence electrons. The number of hydrogen-bond acceptors (Lipinski definition) is 3. The smallest absolute Gasteiger partial charge is 0.0951 e. The molecule has 0 radical (unpaired) electrons. The lowest BCUT2D eigenvalue weighted by atomic mass is 10.0. The highest BCUT2D eigenvalue weighted by Gasteiger charge is 2.29. The van der Waals surface area contributed by atoms with Crippen LogP contribution >= 0.6 is 0 Å². The lowest BCUT2D eigenvalue weighted by molar-refractivity contribution is 0.0206. The van der Waals surface area contributed by atoms with E-state index in [1.165, 1.54) is 31.4 Å². The Morgan fingerprint density at radius 3 is 3.18 bits per heavy atom. The van der Waals surface area contributed by atoms with Gasteiger partial charge in [-0.3, -0.25) is 0 Å². The number of hydrogen-bond donors (Lipinski definition) is 1. The van der Waals surface area contributed by atoms with Crippen molar-refractivity contribution in [1.82, 2.24) is 14.9 Å². The van der Waals surface area contributed by atoms with Crippen LogP contribution < -0.4 is 5.32 Å². The maximum Gasteiger partial charge on any atom is 0.0951 e. The Labute approximate surface area is 102 Å². The standard InChI is InChI=1S/C13H21N3O/c1-13(5-2-6-17-13)9-14-7-12-8-15-10-16(12)11-3-4-11/h8,10-11,14H,2-7,9H2,1H3. The highest BCUT2D eigenvalue weighted by molar-refractivity contribution is 5.03. The van der Waals surface area contributed by atoms with Crippen LogP contribution in [0.15, 0.2) is 12.5 Å². The molecule has 4 heteroatoms. The molecular formula is C13H21N3O. The molecule has 1 N–H and O–H groups in total. The number of nitrogens with zero attached hydrogens (tertiary/aromatic N) is 2. The fourth-order valence-corrected chi connectivity index (χ4v) is 2.58. The van der Waals surface area contributed by atoms with E-state index in [4.69, 9.17) is 4.74 Å². The van der Waals surface area contributed by atoms with Crippen LogP contribution in [0.5, 0.6) is 0 Å². The molecule has 3 rings (SSSR count). The molecule has 1 saturated heterocycles. The molecule has 0 bridgehead atoms. The molecule has 1 unspecified atom stereocenters. The van der Waals surface area contributed by atoms with Crippen molar-refractivity contribution in [2.75, 3.05) is 13.2 Å². The fraction of sp³-hybridized carbons (Fsp3) is 0.769. The summed E-state index contributed by atoms with van der Waals surface area (Å²) in [5, 5.41) is 3.51. The third-order valence-corrected chi connectivity index (χ3v) is 3.79. The van der Waals surface area contributed by atoms with Crippen LogP contribution in [0.25, 0.3) is 0 Å². The Hall–Kier alpha value is -0.870. The maximum atomic E-state index is 5.76. The maximum absolute atomic E-state index is 5.76. The van der Waals surface area contributed by atoms with Gasteiger partial charge in [0.05, 0.1) is 17.6 Å². The summed E-state index contributed by atoms with van der Waals surface area (Å²) < 4.78 is 8.08. The highest BCUT2D eigenvalue weighted by Crippen LogP contribution is 2.35. The minimum Gasteiger partial charge on any atom is -0.374 e. The molecule has 2 fully saturated rings. The molecule has 0 aromatic carbocycles. The summed E-state index contributed by atoms with van der Waals surface area (Å²) in [6, 6.07) is 0.715. The van der Waals surface area contributed by atoms with Crippen LogP contribution in [-0.4, -0.2) is 28.3 Å². The van der Waals surface area contributed by atoms with Crippen LogP contribution in [0.2, 0.25) is 0 Å². The van der Waals surface area contributed by atoms with E-state index >= 15 is 0 Å². The molecule has 17 heavy (non-hydrogen) atoms. The number of nitrogens with one attached hydrogen (secondary N) is 1. The molecule has 1 aliphatic carbocycles. The van der Waals surface area contributed by atoms with E-state index in [9.17, 15) is 0 Å². The van der Waals surface area contributed by atoms with Crippen molar-refractivity contribution in [3.8, 4) is 0 Å². The average Bonchev–Trinajstić information content (AvgIpc) is 2.90. The van der Waals surface area contributed by atoms with Gasteiger partial charge in [-0.05, 0) is 32.6 Å². The van der Waals surface area contributed by atoms with Crippen molar-refractivity contribution in [3.63, 3.8) is 0 Å². The summed E-state index contributed by atoms with van der Waals surface area (Å²) in [6.45, 7) is 4.95. The number of imidazole rings is 1. The van der Waals surface area contributed by atoms with Gasteiger partial charge in [0, 0.05) is 31.9 Å². The molecule has 1 saturated carbocycles. The monoisotopic (exact) mass is 235 g/mol. The van der Waals surface area contributed by atoms with Crippen LogP contribution in [0.4, 0.5) is 0 Å². The SMILES string of the molecule is CC1(CNCc2cncn2C2CC2)CCCO1. The molecule has 1 aromatic heterocycles. The summed E-state index contributed by atoms with van der Waals surface area (Å²) in [5.41, 5.74) is 1.35. The normalized spacial score (nSPS) is 28.8. The van der Waals surface area contributed by atoms with Gasteiger partial charge in [0.1, 0.15) is 0 Å². The third-order valence-electron chi connectivity index (χ3n) is 3.79. The molecule has 0 spiro atoms. The van der Waals surface area contributed by atoms with Gasteiger partial charge >= 0.3 is 0 Å². The Morgan fingerprint density at radius 2 is 2.47 bits per heavy atom. The topological polar surface area (TPSA) is 39.1 Å². The largest absolute Gasteiger partial charge is 0.374 e. The van der Waals surface area contributed by atoms with E-state index < -0.39 is 0 Å². The van der Waals surface area contributed by atoms with Gasteiger partial charge in [0.25, 0.3) is 0 Å². The van der Waals surface area contributed by atoms with Crippen LogP contribution in [0, 0.1) is 0 Å². The first kappa shape index (κ1) is 11.2. The van der Waals surface area contributed by atoms with E-state index in [1.807, 2.05) is 12.5 Å². The lowest BCUT2D eigenvalue weighted by Gasteiger charge is -2.23. The van der Waals surface area contributed by atoms with Crippen molar-refractivity contribution in [2.24, 2.45) is 0 Å². The van der Waals surface area contributed by atoms with Gasteiger partial charge in [-0.2, -0.15) is 0 Å². The second kappa shape index (κ2) is 4.42. The quantitative estimate of drug-likeness (QED) is 0.847. The first-order valence-corrected chi connectivity index (χ1v) is 6.62. The van der Waals surface area contributed by atoms with Crippen LogP contribution in [-0.2, 0) is 11.3 Å². The van der Waals surface area contributed by atoms with E-state index in [0.29, 0.717) is 6.04 Å². The van der Waals surface area contributed by atoms with Crippen molar-refractivity contribution in [1.29, 1.82) is 0 Å². The summed E-state index contributed by atoms with van der Waals surface area (Å²) in [6.07, 6.45) is 8.92. The zero-order valence-electron chi connectivity index (χ0n) is 10.5. The summed E-state index contributed by atoms with van der Waals surface area (Å²) in [4.78, 5) is 4.24. The molecule has 2 heterocycles. The first-order chi connectivity index (χ1) is 8.27. The molecule has 1 aliphatic heterocycles. The molecule has 2 aliphatic rings. The van der Waals surface area contributed by atoms with Gasteiger partial charge in [0.2, 0.25) is 0 Å². The van der Waals surface area contributed by atoms with Gasteiger partial charge in [-0.15, -0.1) is 0 Å². The number of rotatable bonds is 5. The van der Waals surface area contributed by atoms with E-state index in [1.54, 1.807) is 0 Å². The van der Waals surface area contributed by atoms with Crippen molar-refractivity contribution in [2.45, 2.75) is 50.8 Å². The van der Waals surface area contributed by atoms with Gasteiger partial charge in [0.15, 0.2) is 0 Å². The predicted octanol–water partition coefficient (Wildman–Crippen LogP) is 1.88. The summed E-state index contributed by atoms with van der Waals surface area (Å²) >= 11 is 0. The second-order valence-electron chi connectivity index (χ2n) is 5.53. The summed E-state index contributed by atoms with van der Waals surface area (Å²) in [7, 11) is 0. The lowest BCUT2D eigenvalue weighted by Crippen LogP contribution is -2.37. The minimum absolute atomic E-state index is 0.0461. The van der Waals surface area contributed by atoms with Crippen molar-refractivity contribution < 1.29 is 4.74 Å². The third kappa shape index (κ3) is 2.53. The highest BCUT2D eigenvalue weighted by atomic mass is 16.5. The molecule has 4 nitrogen and oxygen atoms in total. The molecule has 1 atom stereocenters. The zero-order chi connectivity index (χ0) is 11.7. The zero-order valence-corrected chi connectivity index (χ0v) is 10.5. The first-order valence-electron chi connectivity index (χ1n) is 6.62. The Kier molecular flexibility index (Phi) is 2.92. The minimum atomic E-state index is 0.0461. The van der Waals surface area contributed by atoms with E-state index in [-0.39, 0.29) is 5.60 Å². The van der Waals surface area contributed by atoms with Crippen molar-refractivity contribution >= 4 is 0 Å². The Bertz CT molecular complexity index is 378. The van der Waals surface area contributed by atoms with Crippen LogP contribution in [0.3, 0.4) is 0 Å². The van der Waals surface area contributed by atoms with E-state index in [0.717, 1.165) is 19.7 Å². The van der Waals surface area contributed by atoms with Gasteiger partial charge < -0.3 is 14.6 Å². The average molecular weight is 235 g/mol. The number of aromatic nitrogens is 2. The van der Waals surface area contributed by atoms with Crippen LogP contribution in [0.1, 0.15) is 44.3 Å². The van der Waals surface area contributed by atoms with E-state index in [2.05, 4.69) is 21.8 Å². The predicted molar refractivity (Wildman–Crippen MR) is 65.8 cm³/mol. The van der Waals surface area contributed by atoms with Gasteiger partial charge in [-0.25, -0.2) is 4.98 Å². The Morgan fingerprint density at radius 1 is 1.59 bits per heavy atom. The number of ether oxygens (including phenoxy) is 1. The molecular weight excluding hydrogens is 214 g/mol. The summed E-state index contributed by atoms with van der Waals surface area (Å²) in [5.74, 6) is 0.